The summed E-state index contributed by atoms with van der Waals surface area (Å²) in [5.74, 6) is -3.29. The molecule has 4 nitrogen and oxygen atoms in total. The zero-order valence-corrected chi connectivity index (χ0v) is 10.0. The molecule has 0 bridgehead atoms. The maximum absolute atomic E-state index is 14.0. The first-order chi connectivity index (χ1) is 9.58. The molecule has 0 atom stereocenters. The predicted octanol–water partition coefficient (Wildman–Crippen LogP) is 3.00. The van der Waals surface area contributed by atoms with Crippen LogP contribution in [0, 0.1) is 11.6 Å². The largest absolute Gasteiger partial charge is 0.478 e. The highest BCUT2D eigenvalue weighted by molar-refractivity contribution is 5.88. The Morgan fingerprint density at radius 2 is 1.80 bits per heavy atom. The highest BCUT2D eigenvalue weighted by atomic mass is 19.1. The van der Waals surface area contributed by atoms with Gasteiger partial charge in [0.25, 0.3) is 0 Å². The molecule has 1 aromatic heterocycles. The van der Waals surface area contributed by atoms with Crippen LogP contribution in [0.3, 0.4) is 0 Å². The molecule has 0 saturated carbocycles. The average molecular weight is 274 g/mol. The normalized spacial score (nSPS) is 10.9. The fourth-order valence-corrected chi connectivity index (χ4v) is 2.06. The van der Waals surface area contributed by atoms with E-state index < -0.39 is 23.2 Å². The smallest absolute Gasteiger partial charge is 0.335 e. The number of carbonyl (C=O) groups is 1. The van der Waals surface area contributed by atoms with Crippen molar-refractivity contribution in [3.05, 3.63) is 59.9 Å². The van der Waals surface area contributed by atoms with E-state index in [4.69, 9.17) is 5.11 Å². The Morgan fingerprint density at radius 1 is 1.15 bits per heavy atom. The van der Waals surface area contributed by atoms with Crippen molar-refractivity contribution < 1.29 is 18.7 Å². The van der Waals surface area contributed by atoms with E-state index >= 15 is 0 Å². The molecule has 0 amide bonds. The van der Waals surface area contributed by atoms with E-state index in [0.717, 1.165) is 12.1 Å². The van der Waals surface area contributed by atoms with Crippen molar-refractivity contribution >= 4 is 17.0 Å². The molecule has 0 spiro atoms. The molecule has 20 heavy (non-hydrogen) atoms. The van der Waals surface area contributed by atoms with Crippen molar-refractivity contribution in [3.8, 4) is 5.69 Å². The van der Waals surface area contributed by atoms with Gasteiger partial charge in [-0.1, -0.05) is 12.1 Å². The number of carboxylic acid groups (broad SMARTS) is 1. The first-order valence-corrected chi connectivity index (χ1v) is 5.72. The lowest BCUT2D eigenvalue weighted by molar-refractivity contribution is 0.0695. The van der Waals surface area contributed by atoms with Gasteiger partial charge in [-0.25, -0.2) is 18.6 Å². The zero-order chi connectivity index (χ0) is 14.3. The highest BCUT2D eigenvalue weighted by Crippen LogP contribution is 2.24. The van der Waals surface area contributed by atoms with Gasteiger partial charge in [0.15, 0.2) is 11.6 Å². The Balaban J connectivity index is 2.27. The number of halogens is 2. The van der Waals surface area contributed by atoms with E-state index in [-0.39, 0.29) is 5.69 Å². The van der Waals surface area contributed by atoms with Crippen molar-refractivity contribution in [1.82, 2.24) is 9.55 Å². The third kappa shape index (κ3) is 1.82. The quantitative estimate of drug-likeness (QED) is 0.781. The maximum Gasteiger partial charge on any atom is 0.335 e. The first kappa shape index (κ1) is 12.3. The van der Waals surface area contributed by atoms with E-state index in [1.807, 2.05) is 0 Å². The second kappa shape index (κ2) is 4.41. The molecule has 0 aliphatic carbocycles. The van der Waals surface area contributed by atoms with Gasteiger partial charge in [-0.3, -0.25) is 4.57 Å². The van der Waals surface area contributed by atoms with E-state index in [1.54, 1.807) is 24.3 Å². The third-order valence-corrected chi connectivity index (χ3v) is 2.96. The molecule has 1 heterocycles. The van der Waals surface area contributed by atoms with Gasteiger partial charge in [0, 0.05) is 0 Å². The first-order valence-electron chi connectivity index (χ1n) is 5.72. The van der Waals surface area contributed by atoms with Crippen molar-refractivity contribution in [2.75, 3.05) is 0 Å². The van der Waals surface area contributed by atoms with Crippen molar-refractivity contribution in [1.29, 1.82) is 0 Å². The number of carboxylic acids is 1. The van der Waals surface area contributed by atoms with Crippen molar-refractivity contribution in [2.24, 2.45) is 0 Å². The summed E-state index contributed by atoms with van der Waals surface area (Å²) in [7, 11) is 0. The number of benzene rings is 2. The molecule has 1 N–H and O–H groups in total. The molecule has 0 radical (unpaired) electrons. The van der Waals surface area contributed by atoms with Crippen LogP contribution in [-0.2, 0) is 0 Å². The summed E-state index contributed by atoms with van der Waals surface area (Å²) >= 11 is 0. The Hall–Kier alpha value is -2.76. The van der Waals surface area contributed by atoms with Crippen LogP contribution in [0.15, 0.2) is 42.7 Å². The van der Waals surface area contributed by atoms with Gasteiger partial charge in [0.05, 0.1) is 16.6 Å². The molecule has 3 aromatic rings. The molecule has 3 rings (SSSR count). The van der Waals surface area contributed by atoms with Crippen molar-refractivity contribution in [2.45, 2.75) is 0 Å². The van der Waals surface area contributed by atoms with E-state index in [1.165, 1.54) is 10.9 Å². The predicted molar refractivity (Wildman–Crippen MR) is 67.9 cm³/mol. The van der Waals surface area contributed by atoms with Gasteiger partial charge >= 0.3 is 5.97 Å². The van der Waals surface area contributed by atoms with Crippen LogP contribution in [0.25, 0.3) is 16.7 Å². The third-order valence-electron chi connectivity index (χ3n) is 2.96. The number of para-hydroxylation sites is 2. The van der Waals surface area contributed by atoms with Crippen LogP contribution < -0.4 is 0 Å². The number of rotatable bonds is 2. The number of hydrogen-bond acceptors (Lipinski definition) is 2. The van der Waals surface area contributed by atoms with Crippen LogP contribution in [0.1, 0.15) is 10.4 Å². The summed E-state index contributed by atoms with van der Waals surface area (Å²) in [5, 5.41) is 8.77. The van der Waals surface area contributed by atoms with E-state index in [0.29, 0.717) is 11.0 Å². The second-order valence-corrected chi connectivity index (χ2v) is 4.20. The number of fused-ring (bicyclic) bond motifs is 1. The topological polar surface area (TPSA) is 55.1 Å². The molecular formula is C14H8F2N2O2. The summed E-state index contributed by atoms with van der Waals surface area (Å²) in [6.45, 7) is 0. The van der Waals surface area contributed by atoms with Crippen LogP contribution in [-0.4, -0.2) is 20.6 Å². The van der Waals surface area contributed by atoms with Gasteiger partial charge in [-0.2, -0.15) is 0 Å². The number of hydrogen-bond donors (Lipinski definition) is 1. The van der Waals surface area contributed by atoms with Gasteiger partial charge in [-0.05, 0) is 24.3 Å². The van der Waals surface area contributed by atoms with Crippen LogP contribution in [0.2, 0.25) is 0 Å². The molecule has 0 aliphatic heterocycles. The lowest BCUT2D eigenvalue weighted by atomic mass is 10.2. The number of imidazole rings is 1. The molecule has 100 valence electrons. The number of aromatic carboxylic acids is 1. The standard InChI is InChI=1S/C14H8F2N2O2/c15-9-5-8(14(19)20)6-10(16)13(9)18-7-17-11-3-1-2-4-12(11)18/h1-7H,(H,19,20). The Kier molecular flexibility index (Phi) is 2.71. The van der Waals surface area contributed by atoms with E-state index in [9.17, 15) is 13.6 Å². The van der Waals surface area contributed by atoms with Gasteiger partial charge in [0.1, 0.15) is 12.0 Å². The summed E-state index contributed by atoms with van der Waals surface area (Å²) in [6, 6.07) is 8.45. The van der Waals surface area contributed by atoms with Crippen molar-refractivity contribution in [3.63, 3.8) is 0 Å². The lowest BCUT2D eigenvalue weighted by Gasteiger charge is -2.08. The summed E-state index contributed by atoms with van der Waals surface area (Å²) in [6.07, 6.45) is 1.30. The van der Waals surface area contributed by atoms with Crippen LogP contribution in [0.4, 0.5) is 8.78 Å². The maximum atomic E-state index is 14.0. The molecule has 0 fully saturated rings. The van der Waals surface area contributed by atoms with Gasteiger partial charge in [-0.15, -0.1) is 0 Å². The average Bonchev–Trinajstić information content (AvgIpc) is 2.82. The summed E-state index contributed by atoms with van der Waals surface area (Å²) in [5.41, 5.74) is 0.346. The molecule has 0 aliphatic rings. The van der Waals surface area contributed by atoms with Crippen LogP contribution in [0.5, 0.6) is 0 Å². The van der Waals surface area contributed by atoms with Gasteiger partial charge in [0.2, 0.25) is 0 Å². The molecular weight excluding hydrogens is 266 g/mol. The fourth-order valence-electron chi connectivity index (χ4n) is 2.06. The fraction of sp³-hybridized carbons (Fsp3) is 0. The zero-order valence-electron chi connectivity index (χ0n) is 10.0. The molecule has 0 unspecified atom stereocenters. The van der Waals surface area contributed by atoms with Crippen LogP contribution >= 0.6 is 0 Å². The Bertz CT molecular complexity index is 804. The minimum atomic E-state index is -1.38. The SMILES string of the molecule is O=C(O)c1cc(F)c(-n2cnc3ccccc32)c(F)c1. The highest BCUT2D eigenvalue weighted by Gasteiger charge is 2.17. The summed E-state index contributed by atoms with van der Waals surface area (Å²) in [4.78, 5) is 14.8. The minimum absolute atomic E-state index is 0.344. The minimum Gasteiger partial charge on any atom is -0.478 e. The Labute approximate surface area is 111 Å². The van der Waals surface area contributed by atoms with Gasteiger partial charge < -0.3 is 5.11 Å². The number of nitrogens with zero attached hydrogens (tertiary/aromatic N) is 2. The number of aromatic nitrogens is 2. The second-order valence-electron chi connectivity index (χ2n) is 4.20. The molecule has 6 heteroatoms. The Morgan fingerprint density at radius 3 is 2.45 bits per heavy atom. The van der Waals surface area contributed by atoms with E-state index in [2.05, 4.69) is 4.98 Å². The lowest BCUT2D eigenvalue weighted by Crippen LogP contribution is -2.05. The molecule has 2 aromatic carbocycles. The molecule has 0 saturated heterocycles. The summed E-state index contributed by atoms with van der Waals surface area (Å²) < 4.78 is 29.3. The monoisotopic (exact) mass is 274 g/mol.